The maximum atomic E-state index is 12.6. The molecule has 2 aromatic heterocycles. The molecule has 3 aromatic rings. The zero-order valence-corrected chi connectivity index (χ0v) is 16.3. The summed E-state index contributed by atoms with van der Waals surface area (Å²) in [6.45, 7) is 0.183. The average Bonchev–Trinajstić information content (AvgIpc) is 3.30. The summed E-state index contributed by atoms with van der Waals surface area (Å²) in [7, 11) is 3.23. The number of nitro benzene ring substituents is 2. The van der Waals surface area contributed by atoms with E-state index < -0.39 is 33.0 Å². The van der Waals surface area contributed by atoms with Crippen LogP contribution in [0.25, 0.3) is 0 Å². The van der Waals surface area contributed by atoms with Gasteiger partial charge in [-0.2, -0.15) is 10.2 Å². The molecule has 0 saturated heterocycles. The number of nitro groups is 2. The van der Waals surface area contributed by atoms with Crippen LogP contribution in [0, 0.1) is 20.2 Å². The highest BCUT2D eigenvalue weighted by Crippen LogP contribution is 2.24. The van der Waals surface area contributed by atoms with E-state index in [1.807, 2.05) is 0 Å². The lowest BCUT2D eigenvalue weighted by Crippen LogP contribution is -2.26. The maximum Gasteiger partial charge on any atom is 0.277 e. The average molecular weight is 428 g/mol. The monoisotopic (exact) mass is 428 g/mol. The van der Waals surface area contributed by atoms with Gasteiger partial charge in [-0.15, -0.1) is 0 Å². The lowest BCUT2D eigenvalue weighted by Gasteiger charge is -2.08. The van der Waals surface area contributed by atoms with Gasteiger partial charge >= 0.3 is 0 Å². The third-order valence-corrected chi connectivity index (χ3v) is 4.20. The first-order valence-electron chi connectivity index (χ1n) is 8.68. The number of aromatic nitrogens is 4. The first-order chi connectivity index (χ1) is 14.7. The molecule has 0 unspecified atom stereocenters. The van der Waals surface area contributed by atoms with Crippen molar-refractivity contribution in [3.63, 3.8) is 0 Å². The summed E-state index contributed by atoms with van der Waals surface area (Å²) in [5, 5.41) is 35.1. The van der Waals surface area contributed by atoms with Crippen molar-refractivity contribution in [1.29, 1.82) is 0 Å². The van der Waals surface area contributed by atoms with E-state index in [0.29, 0.717) is 0 Å². The van der Waals surface area contributed by atoms with Crippen LogP contribution in [0.4, 0.5) is 17.1 Å². The van der Waals surface area contributed by atoms with Crippen LogP contribution in [0.1, 0.15) is 26.4 Å². The van der Waals surface area contributed by atoms with Gasteiger partial charge in [0, 0.05) is 44.5 Å². The van der Waals surface area contributed by atoms with E-state index in [-0.39, 0.29) is 23.5 Å². The molecule has 3 rings (SSSR count). The van der Waals surface area contributed by atoms with Crippen LogP contribution in [0.3, 0.4) is 0 Å². The van der Waals surface area contributed by atoms with E-state index in [4.69, 9.17) is 0 Å². The minimum atomic E-state index is -0.874. The van der Waals surface area contributed by atoms with Crippen molar-refractivity contribution in [3.05, 3.63) is 73.8 Å². The van der Waals surface area contributed by atoms with Crippen LogP contribution in [0.5, 0.6) is 0 Å². The molecule has 0 saturated carbocycles. The van der Waals surface area contributed by atoms with Gasteiger partial charge in [-0.25, -0.2) is 0 Å². The summed E-state index contributed by atoms with van der Waals surface area (Å²) >= 11 is 0. The Bertz CT molecular complexity index is 1160. The molecule has 0 fully saturated rings. The Labute approximate surface area is 173 Å². The Kier molecular flexibility index (Phi) is 5.72. The van der Waals surface area contributed by atoms with Gasteiger partial charge in [-0.1, -0.05) is 0 Å². The lowest BCUT2D eigenvalue weighted by atomic mass is 10.1. The number of benzene rings is 1. The molecule has 0 aliphatic carbocycles. The molecule has 14 heteroatoms. The molecular weight excluding hydrogens is 412 g/mol. The van der Waals surface area contributed by atoms with Gasteiger partial charge in [0.15, 0.2) is 0 Å². The van der Waals surface area contributed by atoms with Crippen molar-refractivity contribution in [1.82, 2.24) is 24.9 Å². The second-order valence-corrected chi connectivity index (χ2v) is 6.44. The number of amides is 2. The standard InChI is InChI=1S/C17H16N8O6/c1-22-9-10(7-19-22)6-18-17(27)15-14(8-20-23(15)2)21-16(26)11-3-12(24(28)29)5-13(4-11)25(30)31/h3-5,7-9H,6H2,1-2H3,(H,18,27)(H,21,26). The summed E-state index contributed by atoms with van der Waals surface area (Å²) in [6.07, 6.45) is 4.53. The molecule has 2 heterocycles. The Balaban J connectivity index is 1.82. The van der Waals surface area contributed by atoms with Gasteiger partial charge in [0.25, 0.3) is 23.2 Å². The molecule has 2 N–H and O–H groups in total. The minimum absolute atomic E-state index is 0.0252. The van der Waals surface area contributed by atoms with E-state index in [1.54, 1.807) is 24.1 Å². The van der Waals surface area contributed by atoms with Gasteiger partial charge in [0.2, 0.25) is 0 Å². The molecule has 1 aromatic carbocycles. The van der Waals surface area contributed by atoms with Crippen molar-refractivity contribution < 1.29 is 19.4 Å². The SMILES string of the molecule is Cn1cc(CNC(=O)c2c(NC(=O)c3cc([N+](=O)[O-])cc([N+](=O)[O-])c3)cnn2C)cn1. The number of rotatable bonds is 7. The minimum Gasteiger partial charge on any atom is -0.346 e. The van der Waals surface area contributed by atoms with Crippen LogP contribution in [0.15, 0.2) is 36.8 Å². The van der Waals surface area contributed by atoms with E-state index in [1.165, 1.54) is 17.9 Å². The van der Waals surface area contributed by atoms with Crippen molar-refractivity contribution in [2.24, 2.45) is 14.1 Å². The molecular formula is C17H16N8O6. The van der Waals surface area contributed by atoms with Gasteiger partial charge in [0.1, 0.15) is 5.69 Å². The quantitative estimate of drug-likeness (QED) is 0.415. The number of anilines is 1. The predicted octanol–water partition coefficient (Wildman–Crippen LogP) is 1.15. The third kappa shape index (κ3) is 4.69. The fourth-order valence-electron chi connectivity index (χ4n) is 2.76. The van der Waals surface area contributed by atoms with Crippen molar-refractivity contribution in [3.8, 4) is 0 Å². The van der Waals surface area contributed by atoms with Crippen molar-refractivity contribution >= 4 is 28.9 Å². The molecule has 2 amide bonds. The highest BCUT2D eigenvalue weighted by atomic mass is 16.6. The zero-order chi connectivity index (χ0) is 22.7. The van der Waals surface area contributed by atoms with Crippen LogP contribution in [0.2, 0.25) is 0 Å². The molecule has 0 radical (unpaired) electrons. The Morgan fingerprint density at radius 3 is 2.19 bits per heavy atom. The van der Waals surface area contributed by atoms with Gasteiger partial charge in [-0.05, 0) is 0 Å². The van der Waals surface area contributed by atoms with Crippen molar-refractivity contribution in [2.45, 2.75) is 6.54 Å². The molecule has 14 nitrogen and oxygen atoms in total. The number of aryl methyl sites for hydroxylation is 2. The van der Waals surface area contributed by atoms with Crippen LogP contribution < -0.4 is 10.6 Å². The van der Waals surface area contributed by atoms with Gasteiger partial charge < -0.3 is 10.6 Å². The number of nitrogens with one attached hydrogen (secondary N) is 2. The fraction of sp³-hybridized carbons (Fsp3) is 0.176. The van der Waals surface area contributed by atoms with E-state index >= 15 is 0 Å². The smallest absolute Gasteiger partial charge is 0.277 e. The summed E-state index contributed by atoms with van der Waals surface area (Å²) in [5.41, 5.74) is -0.721. The number of carbonyl (C=O) groups is 2. The molecule has 0 atom stereocenters. The molecule has 0 bridgehead atoms. The second-order valence-electron chi connectivity index (χ2n) is 6.44. The zero-order valence-electron chi connectivity index (χ0n) is 16.3. The normalized spacial score (nSPS) is 10.5. The number of hydrogen-bond donors (Lipinski definition) is 2. The predicted molar refractivity (Wildman–Crippen MR) is 105 cm³/mol. The number of nitrogens with zero attached hydrogens (tertiary/aromatic N) is 6. The van der Waals surface area contributed by atoms with Crippen molar-refractivity contribution in [2.75, 3.05) is 5.32 Å². The van der Waals surface area contributed by atoms with Gasteiger partial charge in [-0.3, -0.25) is 39.2 Å². The first-order valence-corrected chi connectivity index (χ1v) is 8.68. The Hall–Kier alpha value is -4.62. The summed E-state index contributed by atoms with van der Waals surface area (Å²) in [6, 6.07) is 2.56. The fourth-order valence-corrected chi connectivity index (χ4v) is 2.76. The van der Waals surface area contributed by atoms with E-state index in [9.17, 15) is 29.8 Å². The topological polar surface area (TPSA) is 180 Å². The highest BCUT2D eigenvalue weighted by Gasteiger charge is 2.23. The Morgan fingerprint density at radius 2 is 1.65 bits per heavy atom. The first kappa shape index (κ1) is 21.1. The number of hydrogen-bond acceptors (Lipinski definition) is 8. The van der Waals surface area contributed by atoms with E-state index in [0.717, 1.165) is 23.8 Å². The molecule has 0 spiro atoms. The summed E-state index contributed by atoms with van der Waals surface area (Å²) in [4.78, 5) is 45.6. The highest BCUT2D eigenvalue weighted by molar-refractivity contribution is 6.08. The number of non-ortho nitro benzene ring substituents is 2. The molecule has 160 valence electrons. The third-order valence-electron chi connectivity index (χ3n) is 4.20. The summed E-state index contributed by atoms with van der Waals surface area (Å²) in [5.74, 6) is -1.41. The van der Waals surface area contributed by atoms with Crippen LogP contribution in [-0.2, 0) is 20.6 Å². The van der Waals surface area contributed by atoms with E-state index in [2.05, 4.69) is 20.8 Å². The second kappa shape index (κ2) is 8.40. The summed E-state index contributed by atoms with van der Waals surface area (Å²) < 4.78 is 2.82. The largest absolute Gasteiger partial charge is 0.346 e. The number of carbonyl (C=O) groups excluding carboxylic acids is 2. The molecule has 0 aliphatic heterocycles. The molecule has 31 heavy (non-hydrogen) atoms. The van der Waals surface area contributed by atoms with Crippen LogP contribution in [-0.4, -0.2) is 41.2 Å². The lowest BCUT2D eigenvalue weighted by molar-refractivity contribution is -0.394. The molecule has 0 aliphatic rings. The van der Waals surface area contributed by atoms with Gasteiger partial charge in [0.05, 0.1) is 39.6 Å². The maximum absolute atomic E-state index is 12.6. The van der Waals surface area contributed by atoms with Crippen LogP contribution >= 0.6 is 0 Å². The Morgan fingerprint density at radius 1 is 1.00 bits per heavy atom.